The number of carbonyl (C=O) groups is 1. The van der Waals surface area contributed by atoms with Crippen LogP contribution in [0, 0.1) is 6.92 Å². The molecule has 0 saturated carbocycles. The number of rotatable bonds is 5. The van der Waals surface area contributed by atoms with Crippen molar-refractivity contribution in [2.75, 3.05) is 19.6 Å². The summed E-state index contributed by atoms with van der Waals surface area (Å²) in [5.74, 6) is 0.140. The van der Waals surface area contributed by atoms with Crippen LogP contribution in [-0.4, -0.2) is 57.2 Å². The van der Waals surface area contributed by atoms with Crippen molar-refractivity contribution in [3.63, 3.8) is 0 Å². The Hall–Kier alpha value is -1.36. The number of hydrogen-bond donors (Lipinski definition) is 0. The quantitative estimate of drug-likeness (QED) is 0.839. The minimum Gasteiger partial charge on any atom is -0.336 e. The van der Waals surface area contributed by atoms with Crippen LogP contribution >= 0.6 is 0 Å². The maximum atomic E-state index is 12.8. The number of carbonyl (C=O) groups excluding carboxylic acids is 1. The van der Waals surface area contributed by atoms with E-state index in [1.807, 2.05) is 16.5 Å². The third-order valence-electron chi connectivity index (χ3n) is 4.72. The van der Waals surface area contributed by atoms with Crippen LogP contribution < -0.4 is 0 Å². The van der Waals surface area contributed by atoms with Crippen LogP contribution in [0.3, 0.4) is 0 Å². The van der Waals surface area contributed by atoms with E-state index < -0.39 is 0 Å². The molecule has 2 heterocycles. The van der Waals surface area contributed by atoms with Crippen LogP contribution in [0.15, 0.2) is 6.20 Å². The molecule has 1 aromatic rings. The molecule has 0 spiro atoms. The largest absolute Gasteiger partial charge is 0.336 e. The van der Waals surface area contributed by atoms with Gasteiger partial charge in [0, 0.05) is 44.0 Å². The summed E-state index contributed by atoms with van der Waals surface area (Å²) in [6.45, 7) is 14.3. The first kappa shape index (κ1) is 17.0. The fourth-order valence-corrected chi connectivity index (χ4v) is 3.36. The molecule has 1 aliphatic rings. The van der Waals surface area contributed by atoms with Gasteiger partial charge in [-0.15, -0.1) is 0 Å². The van der Waals surface area contributed by atoms with Gasteiger partial charge in [0.15, 0.2) is 0 Å². The third kappa shape index (κ3) is 3.35. The molecule has 0 bridgehead atoms. The zero-order valence-electron chi connectivity index (χ0n) is 14.7. The second-order valence-corrected chi connectivity index (χ2v) is 6.51. The van der Waals surface area contributed by atoms with Gasteiger partial charge in [0.05, 0.1) is 11.8 Å². The van der Waals surface area contributed by atoms with E-state index in [1.54, 1.807) is 6.20 Å². The van der Waals surface area contributed by atoms with Crippen molar-refractivity contribution in [1.29, 1.82) is 0 Å². The molecule has 1 saturated heterocycles. The van der Waals surface area contributed by atoms with Gasteiger partial charge in [-0.25, -0.2) is 0 Å². The number of amides is 1. The van der Waals surface area contributed by atoms with Crippen LogP contribution in [0.2, 0.25) is 0 Å². The first-order valence-corrected chi connectivity index (χ1v) is 8.56. The Morgan fingerprint density at radius 3 is 2.68 bits per heavy atom. The van der Waals surface area contributed by atoms with Gasteiger partial charge in [-0.2, -0.15) is 5.10 Å². The topological polar surface area (TPSA) is 41.4 Å². The first-order chi connectivity index (χ1) is 10.5. The molecule has 1 fully saturated rings. The average molecular weight is 306 g/mol. The molecule has 5 nitrogen and oxygen atoms in total. The first-order valence-electron chi connectivity index (χ1n) is 8.56. The Balaban J connectivity index is 2.10. The predicted octanol–water partition coefficient (Wildman–Crippen LogP) is 2.55. The minimum atomic E-state index is 0.140. The number of piperazine rings is 1. The van der Waals surface area contributed by atoms with E-state index in [4.69, 9.17) is 0 Å². The molecular formula is C17H30N4O. The fourth-order valence-electron chi connectivity index (χ4n) is 3.36. The number of hydrogen-bond acceptors (Lipinski definition) is 3. The lowest BCUT2D eigenvalue weighted by atomic mass is 10.1. The van der Waals surface area contributed by atoms with Gasteiger partial charge in [0.2, 0.25) is 0 Å². The molecule has 1 aliphatic heterocycles. The van der Waals surface area contributed by atoms with Gasteiger partial charge in [0.1, 0.15) is 0 Å². The highest BCUT2D eigenvalue weighted by Gasteiger charge is 2.31. The SMILES string of the molecule is CCCn1ncc(C(=O)N2CCN(C(C)C)[C@@H](CC)C2)c1C. The number of aromatic nitrogens is 2. The van der Waals surface area contributed by atoms with Crippen LogP contribution in [0.25, 0.3) is 0 Å². The molecule has 5 heteroatoms. The summed E-state index contributed by atoms with van der Waals surface area (Å²) >= 11 is 0. The van der Waals surface area contributed by atoms with Crippen molar-refractivity contribution in [3.8, 4) is 0 Å². The Morgan fingerprint density at radius 2 is 2.09 bits per heavy atom. The lowest BCUT2D eigenvalue weighted by Gasteiger charge is -2.43. The van der Waals surface area contributed by atoms with Gasteiger partial charge < -0.3 is 4.90 Å². The number of aryl methyl sites for hydroxylation is 1. The van der Waals surface area contributed by atoms with Crippen molar-refractivity contribution >= 4 is 5.91 Å². The molecule has 0 unspecified atom stereocenters. The van der Waals surface area contributed by atoms with Gasteiger partial charge in [-0.3, -0.25) is 14.4 Å². The van der Waals surface area contributed by atoms with Gasteiger partial charge in [0.25, 0.3) is 5.91 Å². The van der Waals surface area contributed by atoms with E-state index in [2.05, 4.69) is 37.7 Å². The zero-order valence-corrected chi connectivity index (χ0v) is 14.7. The molecule has 1 amide bonds. The van der Waals surface area contributed by atoms with E-state index in [9.17, 15) is 4.79 Å². The third-order valence-corrected chi connectivity index (χ3v) is 4.72. The second kappa shape index (κ2) is 7.27. The van der Waals surface area contributed by atoms with Crippen molar-refractivity contribution < 1.29 is 4.79 Å². The highest BCUT2D eigenvalue weighted by molar-refractivity contribution is 5.95. The van der Waals surface area contributed by atoms with E-state index >= 15 is 0 Å². The number of nitrogens with zero attached hydrogens (tertiary/aromatic N) is 4. The van der Waals surface area contributed by atoms with E-state index in [-0.39, 0.29) is 5.91 Å². The Morgan fingerprint density at radius 1 is 1.36 bits per heavy atom. The summed E-state index contributed by atoms with van der Waals surface area (Å²) in [5.41, 5.74) is 1.76. The Kier molecular flexibility index (Phi) is 5.62. The van der Waals surface area contributed by atoms with Crippen LogP contribution in [0.4, 0.5) is 0 Å². The van der Waals surface area contributed by atoms with Crippen LogP contribution in [-0.2, 0) is 6.54 Å². The maximum absolute atomic E-state index is 12.8. The van der Waals surface area contributed by atoms with Crippen molar-refractivity contribution in [3.05, 3.63) is 17.5 Å². The van der Waals surface area contributed by atoms with Crippen molar-refractivity contribution in [2.45, 2.75) is 66.1 Å². The average Bonchev–Trinajstić information content (AvgIpc) is 2.87. The normalized spacial score (nSPS) is 19.9. The molecule has 2 rings (SSSR count). The molecule has 0 N–H and O–H groups in total. The molecule has 0 aromatic carbocycles. The molecule has 1 aromatic heterocycles. The summed E-state index contributed by atoms with van der Waals surface area (Å²) in [6, 6.07) is 1.000. The smallest absolute Gasteiger partial charge is 0.257 e. The summed E-state index contributed by atoms with van der Waals surface area (Å²) in [7, 11) is 0. The van der Waals surface area contributed by atoms with Crippen LogP contribution in [0.1, 0.15) is 56.6 Å². The summed E-state index contributed by atoms with van der Waals surface area (Å²) in [5, 5.41) is 4.36. The summed E-state index contributed by atoms with van der Waals surface area (Å²) in [4.78, 5) is 17.3. The highest BCUT2D eigenvalue weighted by atomic mass is 16.2. The lowest BCUT2D eigenvalue weighted by molar-refractivity contribution is 0.0371. The summed E-state index contributed by atoms with van der Waals surface area (Å²) < 4.78 is 1.94. The molecular weight excluding hydrogens is 276 g/mol. The Labute approximate surface area is 134 Å². The standard InChI is InChI=1S/C17H30N4O/c1-6-8-21-14(5)16(11-18-21)17(22)19-9-10-20(13(3)4)15(7-2)12-19/h11,13,15H,6-10,12H2,1-5H3/t15-/m0/s1. The maximum Gasteiger partial charge on any atom is 0.257 e. The van der Waals surface area contributed by atoms with E-state index in [0.29, 0.717) is 12.1 Å². The lowest BCUT2D eigenvalue weighted by Crippen LogP contribution is -2.56. The molecule has 0 aliphatic carbocycles. The second-order valence-electron chi connectivity index (χ2n) is 6.51. The predicted molar refractivity (Wildman–Crippen MR) is 89.1 cm³/mol. The molecule has 1 atom stereocenters. The van der Waals surface area contributed by atoms with Gasteiger partial charge >= 0.3 is 0 Å². The van der Waals surface area contributed by atoms with E-state index in [0.717, 1.165) is 50.3 Å². The molecule has 22 heavy (non-hydrogen) atoms. The molecule has 124 valence electrons. The van der Waals surface area contributed by atoms with Gasteiger partial charge in [-0.05, 0) is 33.6 Å². The van der Waals surface area contributed by atoms with Crippen molar-refractivity contribution in [2.24, 2.45) is 0 Å². The van der Waals surface area contributed by atoms with Crippen molar-refractivity contribution in [1.82, 2.24) is 19.6 Å². The highest BCUT2D eigenvalue weighted by Crippen LogP contribution is 2.19. The molecule has 0 radical (unpaired) electrons. The monoisotopic (exact) mass is 306 g/mol. The minimum absolute atomic E-state index is 0.140. The fraction of sp³-hybridized carbons (Fsp3) is 0.765. The van der Waals surface area contributed by atoms with E-state index in [1.165, 1.54) is 0 Å². The van der Waals surface area contributed by atoms with Gasteiger partial charge in [-0.1, -0.05) is 13.8 Å². The summed E-state index contributed by atoms with van der Waals surface area (Å²) in [6.07, 6.45) is 3.85. The van der Waals surface area contributed by atoms with Crippen LogP contribution in [0.5, 0.6) is 0 Å². The zero-order chi connectivity index (χ0) is 16.3. The Bertz CT molecular complexity index is 509.